The quantitative estimate of drug-likeness (QED) is 0.671. The van der Waals surface area contributed by atoms with Crippen molar-refractivity contribution in [1.29, 1.82) is 0 Å². The van der Waals surface area contributed by atoms with Crippen LogP contribution in [0, 0.1) is 0 Å². The van der Waals surface area contributed by atoms with Gasteiger partial charge in [-0.15, -0.1) is 0 Å². The number of hydrogen-bond acceptors (Lipinski definition) is 4. The van der Waals surface area contributed by atoms with Gasteiger partial charge in [0.1, 0.15) is 0 Å². The molecular weight excluding hydrogens is 375 g/mol. The van der Waals surface area contributed by atoms with Crippen LogP contribution in [-0.4, -0.2) is 49.3 Å². The van der Waals surface area contributed by atoms with Crippen LogP contribution in [0.5, 0.6) is 0 Å². The van der Waals surface area contributed by atoms with Gasteiger partial charge < -0.3 is 19.1 Å². The first-order chi connectivity index (χ1) is 14.1. The molecule has 1 saturated heterocycles. The van der Waals surface area contributed by atoms with Gasteiger partial charge in [-0.25, -0.2) is 0 Å². The summed E-state index contributed by atoms with van der Waals surface area (Å²) in [6.45, 7) is 13.4. The highest BCUT2D eigenvalue weighted by Gasteiger charge is 2.52. The molecule has 0 atom stereocenters. The monoisotopic (exact) mass is 408 g/mol. The van der Waals surface area contributed by atoms with Crippen molar-refractivity contribution in [3.63, 3.8) is 0 Å². The zero-order valence-electron chi connectivity index (χ0n) is 19.2. The van der Waals surface area contributed by atoms with Crippen LogP contribution in [0.25, 0.3) is 0 Å². The van der Waals surface area contributed by atoms with Crippen LogP contribution in [0.4, 0.5) is 11.4 Å². The highest BCUT2D eigenvalue weighted by Crippen LogP contribution is 2.37. The fraction of sp³-hybridized carbons (Fsp3) is 0.458. The van der Waals surface area contributed by atoms with Gasteiger partial charge in [0.15, 0.2) is 0 Å². The second-order valence-corrected chi connectivity index (χ2v) is 8.70. The van der Waals surface area contributed by atoms with Gasteiger partial charge in [0.25, 0.3) is 5.91 Å². The Bertz CT molecular complexity index is 879. The second kappa shape index (κ2) is 8.44. The van der Waals surface area contributed by atoms with Gasteiger partial charge in [-0.3, -0.25) is 4.79 Å². The fourth-order valence-corrected chi connectivity index (χ4v) is 3.70. The van der Waals surface area contributed by atoms with Gasteiger partial charge in [0.2, 0.25) is 0 Å². The van der Waals surface area contributed by atoms with Crippen LogP contribution in [0.15, 0.2) is 48.5 Å². The molecule has 1 aliphatic heterocycles. The van der Waals surface area contributed by atoms with Crippen molar-refractivity contribution in [2.24, 2.45) is 0 Å². The zero-order valence-corrected chi connectivity index (χ0v) is 19.2. The van der Waals surface area contributed by atoms with Crippen LogP contribution in [0.2, 0.25) is 0 Å². The van der Waals surface area contributed by atoms with Gasteiger partial charge in [-0.1, -0.05) is 30.3 Å². The average Bonchev–Trinajstić information content (AvgIpc) is 2.95. The van der Waals surface area contributed by atoms with E-state index in [4.69, 9.17) is 9.31 Å². The average molecular weight is 408 g/mol. The van der Waals surface area contributed by atoms with Crippen molar-refractivity contribution in [3.05, 3.63) is 54.1 Å². The molecule has 3 rings (SSSR count). The third-order valence-electron chi connectivity index (χ3n) is 6.35. The summed E-state index contributed by atoms with van der Waals surface area (Å²) in [6.07, 6.45) is 0. The lowest BCUT2D eigenvalue weighted by molar-refractivity contribution is 0.00578. The third-order valence-corrected chi connectivity index (χ3v) is 6.35. The Morgan fingerprint density at radius 1 is 0.900 bits per heavy atom. The number of hydrogen-bond donors (Lipinski definition) is 0. The Balaban J connectivity index is 2.15. The lowest BCUT2D eigenvalue weighted by atomic mass is 9.75. The Labute approximate surface area is 181 Å². The Morgan fingerprint density at radius 3 is 2.00 bits per heavy atom. The Kier molecular flexibility index (Phi) is 6.30. The van der Waals surface area contributed by atoms with E-state index in [-0.39, 0.29) is 5.91 Å². The van der Waals surface area contributed by atoms with E-state index in [9.17, 15) is 4.79 Å². The number of nitrogens with zero attached hydrogens (tertiary/aromatic N) is 2. The first-order valence-electron chi connectivity index (χ1n) is 10.7. The number of carbonyl (C=O) groups excluding carboxylic acids is 1. The molecule has 0 bridgehead atoms. The van der Waals surface area contributed by atoms with Crippen LogP contribution < -0.4 is 10.4 Å². The predicted octanol–water partition coefficient (Wildman–Crippen LogP) is 4.24. The van der Waals surface area contributed by atoms with Crippen molar-refractivity contribution in [2.75, 3.05) is 25.0 Å². The first-order valence-corrected chi connectivity index (χ1v) is 10.7. The third kappa shape index (κ3) is 3.99. The van der Waals surface area contributed by atoms with Crippen molar-refractivity contribution >= 4 is 29.9 Å². The molecular formula is C24H33BN2O3. The molecule has 5 nitrogen and oxygen atoms in total. The smallest absolute Gasteiger partial charge is 0.399 e. The largest absolute Gasteiger partial charge is 0.495 e. The van der Waals surface area contributed by atoms with E-state index < -0.39 is 18.3 Å². The summed E-state index contributed by atoms with van der Waals surface area (Å²) in [7, 11) is 1.38. The molecule has 0 saturated carbocycles. The number of rotatable bonds is 6. The molecule has 1 fully saturated rings. The lowest BCUT2D eigenvalue weighted by Crippen LogP contribution is -2.43. The van der Waals surface area contributed by atoms with Crippen LogP contribution >= 0.6 is 0 Å². The van der Waals surface area contributed by atoms with Gasteiger partial charge in [-0.2, -0.15) is 0 Å². The van der Waals surface area contributed by atoms with E-state index in [0.717, 1.165) is 16.8 Å². The lowest BCUT2D eigenvalue weighted by Gasteiger charge is -2.32. The Morgan fingerprint density at radius 2 is 1.47 bits per heavy atom. The van der Waals surface area contributed by atoms with E-state index in [2.05, 4.69) is 0 Å². The second-order valence-electron chi connectivity index (χ2n) is 8.70. The molecule has 0 unspecified atom stereocenters. The van der Waals surface area contributed by atoms with E-state index in [1.165, 1.54) is 0 Å². The molecule has 160 valence electrons. The van der Waals surface area contributed by atoms with Gasteiger partial charge in [0.05, 0.1) is 22.5 Å². The molecule has 30 heavy (non-hydrogen) atoms. The first kappa shape index (κ1) is 22.4. The molecule has 0 spiro atoms. The highest BCUT2D eigenvalue weighted by atomic mass is 16.7. The SMILES string of the molecule is CCN(CC)C(=O)c1c(B2OC(C)(C)C(C)(C)O2)cccc1N(C)c1ccccc1. The van der Waals surface area contributed by atoms with Crippen LogP contribution in [0.3, 0.4) is 0 Å². The minimum Gasteiger partial charge on any atom is -0.399 e. The van der Waals surface area contributed by atoms with E-state index in [0.29, 0.717) is 18.7 Å². The van der Waals surface area contributed by atoms with Gasteiger partial charge in [0, 0.05) is 25.8 Å². The zero-order chi connectivity index (χ0) is 22.1. The van der Waals surface area contributed by atoms with Gasteiger partial charge in [-0.05, 0) is 65.2 Å². The summed E-state index contributed by atoms with van der Waals surface area (Å²) in [5.74, 6) is -0.0110. The summed E-state index contributed by atoms with van der Waals surface area (Å²) in [6, 6.07) is 15.9. The number of anilines is 2. The van der Waals surface area contributed by atoms with Crippen LogP contribution in [-0.2, 0) is 9.31 Å². The summed E-state index contributed by atoms with van der Waals surface area (Å²) >= 11 is 0. The molecule has 1 amide bonds. The van der Waals surface area contributed by atoms with Crippen molar-refractivity contribution in [2.45, 2.75) is 52.7 Å². The summed E-state index contributed by atoms with van der Waals surface area (Å²) < 4.78 is 12.6. The predicted molar refractivity (Wildman–Crippen MR) is 124 cm³/mol. The topological polar surface area (TPSA) is 42.0 Å². The minimum atomic E-state index is -0.603. The molecule has 2 aromatic rings. The van der Waals surface area contributed by atoms with Crippen molar-refractivity contribution in [3.8, 4) is 0 Å². The molecule has 0 aromatic heterocycles. The van der Waals surface area contributed by atoms with E-state index in [1.54, 1.807) is 0 Å². The molecule has 1 aliphatic rings. The normalized spacial score (nSPS) is 17.1. The minimum absolute atomic E-state index is 0.0110. The maximum absolute atomic E-state index is 13.7. The summed E-state index contributed by atoms with van der Waals surface area (Å²) in [5.41, 5.74) is 2.29. The maximum atomic E-state index is 13.7. The highest BCUT2D eigenvalue weighted by molar-refractivity contribution is 6.64. The number of amides is 1. The number of carbonyl (C=O) groups is 1. The molecule has 6 heteroatoms. The number of benzene rings is 2. The Hall–Kier alpha value is -2.31. The summed E-state index contributed by atoms with van der Waals surface area (Å²) in [5, 5.41) is 0. The maximum Gasteiger partial charge on any atom is 0.495 e. The molecule has 0 N–H and O–H groups in total. The molecule has 2 aromatic carbocycles. The van der Waals surface area contributed by atoms with Crippen molar-refractivity contribution < 1.29 is 14.1 Å². The fourth-order valence-electron chi connectivity index (χ4n) is 3.70. The van der Waals surface area contributed by atoms with Crippen molar-refractivity contribution in [1.82, 2.24) is 4.90 Å². The van der Waals surface area contributed by atoms with Crippen LogP contribution in [0.1, 0.15) is 51.9 Å². The van der Waals surface area contributed by atoms with E-state index in [1.807, 2.05) is 107 Å². The number of para-hydroxylation sites is 1. The molecule has 0 aliphatic carbocycles. The summed E-state index contributed by atoms with van der Waals surface area (Å²) in [4.78, 5) is 17.5. The van der Waals surface area contributed by atoms with E-state index >= 15 is 0 Å². The molecule has 0 radical (unpaired) electrons. The standard InChI is InChI=1S/C24H33BN2O3/c1-8-27(9-2)22(28)21-19(25-29-23(3,4)24(5,6)30-25)16-13-17-20(21)26(7)18-14-11-10-12-15-18/h10-17H,8-9H2,1-7H3. The van der Waals surface area contributed by atoms with Gasteiger partial charge >= 0.3 is 7.12 Å². The molecule has 1 heterocycles.